The number of aliphatic imine (C=N–C) groups is 1. The van der Waals surface area contributed by atoms with E-state index in [9.17, 15) is 18.0 Å². The van der Waals surface area contributed by atoms with Crippen LogP contribution < -0.4 is 10.2 Å². The first-order valence-electron chi connectivity index (χ1n) is 8.29. The van der Waals surface area contributed by atoms with Crippen LogP contribution in [0.5, 0.6) is 5.75 Å². The van der Waals surface area contributed by atoms with Gasteiger partial charge in [-0.3, -0.25) is 9.78 Å². The Morgan fingerprint density at radius 1 is 1.21 bits per heavy atom. The summed E-state index contributed by atoms with van der Waals surface area (Å²) in [5.41, 5.74) is 0.800. The molecule has 0 bridgehead atoms. The molecule has 0 amide bonds. The van der Waals surface area contributed by atoms with Gasteiger partial charge in [-0.25, -0.2) is 9.67 Å². The number of hydrogen-bond acceptors (Lipinski definition) is 6. The zero-order valence-corrected chi connectivity index (χ0v) is 14.8. The fraction of sp³-hybridized carbons (Fsp3) is 0.105. The van der Waals surface area contributed by atoms with Gasteiger partial charge in [0.1, 0.15) is 5.75 Å². The largest absolute Gasteiger partial charge is 0.573 e. The van der Waals surface area contributed by atoms with Gasteiger partial charge in [-0.2, -0.15) is 5.10 Å². The van der Waals surface area contributed by atoms with E-state index in [1.807, 2.05) is 0 Å². The Bertz CT molecular complexity index is 1080. The number of halogens is 3. The summed E-state index contributed by atoms with van der Waals surface area (Å²) in [4.78, 5) is 20.6. The lowest BCUT2D eigenvalue weighted by molar-refractivity contribution is -0.274. The minimum absolute atomic E-state index is 0.0236. The molecule has 1 N–H and O–H groups in total. The van der Waals surface area contributed by atoms with E-state index in [0.717, 1.165) is 18.3 Å². The monoisotopic (exact) mass is 401 g/mol. The van der Waals surface area contributed by atoms with Crippen molar-refractivity contribution >= 4 is 17.6 Å². The third-order valence-corrected chi connectivity index (χ3v) is 3.62. The zero-order valence-electron chi connectivity index (χ0n) is 14.8. The molecule has 0 saturated carbocycles. The SMILES string of the molecule is N=CCC(=Nc1cccnc1)c1nn(-c2ccc(OC(F)(F)F)cc2)ccc1=O. The van der Waals surface area contributed by atoms with Crippen molar-refractivity contribution in [1.29, 1.82) is 5.41 Å². The first kappa shape index (κ1) is 19.9. The van der Waals surface area contributed by atoms with E-state index in [4.69, 9.17) is 5.41 Å². The van der Waals surface area contributed by atoms with Crippen molar-refractivity contribution in [3.63, 3.8) is 0 Å². The smallest absolute Gasteiger partial charge is 0.406 e. The highest BCUT2D eigenvalue weighted by molar-refractivity contribution is 6.06. The molecular formula is C19H14F3N5O2. The Kier molecular flexibility index (Phi) is 5.82. The summed E-state index contributed by atoms with van der Waals surface area (Å²) in [6.45, 7) is 0. The van der Waals surface area contributed by atoms with Gasteiger partial charge in [0.05, 0.1) is 23.3 Å². The molecule has 3 aromatic rings. The van der Waals surface area contributed by atoms with Crippen LogP contribution in [0, 0.1) is 5.41 Å². The van der Waals surface area contributed by atoms with E-state index in [1.165, 1.54) is 35.3 Å². The molecule has 7 nitrogen and oxygen atoms in total. The number of rotatable bonds is 6. The summed E-state index contributed by atoms with van der Waals surface area (Å²) in [7, 11) is 0. The molecule has 2 heterocycles. The molecule has 0 aliphatic rings. The number of hydrogen-bond donors (Lipinski definition) is 1. The lowest BCUT2D eigenvalue weighted by Crippen LogP contribution is -2.21. The molecule has 0 aliphatic heterocycles. The lowest BCUT2D eigenvalue weighted by Gasteiger charge is -2.11. The van der Waals surface area contributed by atoms with Crippen LogP contribution in [0.3, 0.4) is 0 Å². The van der Waals surface area contributed by atoms with Crippen LogP contribution in [-0.4, -0.2) is 33.1 Å². The quantitative estimate of drug-likeness (QED) is 0.638. The van der Waals surface area contributed by atoms with E-state index in [2.05, 4.69) is 19.8 Å². The van der Waals surface area contributed by atoms with Gasteiger partial charge in [0.15, 0.2) is 5.69 Å². The van der Waals surface area contributed by atoms with Crippen LogP contribution in [0.1, 0.15) is 12.1 Å². The van der Waals surface area contributed by atoms with Crippen molar-refractivity contribution in [2.75, 3.05) is 0 Å². The molecule has 1 aromatic carbocycles. The Hall–Kier alpha value is -3.82. The summed E-state index contributed by atoms with van der Waals surface area (Å²) in [5.74, 6) is -0.370. The number of pyridine rings is 1. The molecule has 0 fully saturated rings. The first-order valence-corrected chi connectivity index (χ1v) is 8.29. The van der Waals surface area contributed by atoms with Crippen molar-refractivity contribution in [2.45, 2.75) is 12.8 Å². The van der Waals surface area contributed by atoms with E-state index in [0.29, 0.717) is 11.4 Å². The number of nitrogens with zero attached hydrogens (tertiary/aromatic N) is 4. The fourth-order valence-electron chi connectivity index (χ4n) is 2.42. The first-order chi connectivity index (χ1) is 13.9. The summed E-state index contributed by atoms with van der Waals surface area (Å²) in [6.07, 6.45) is 0.850. The Morgan fingerprint density at radius 2 is 1.97 bits per heavy atom. The number of benzene rings is 1. The van der Waals surface area contributed by atoms with Gasteiger partial charge in [0.25, 0.3) is 0 Å². The number of alkyl halides is 3. The predicted molar refractivity (Wildman–Crippen MR) is 100 cm³/mol. The normalized spacial score (nSPS) is 11.9. The average molecular weight is 401 g/mol. The number of aromatic nitrogens is 3. The topological polar surface area (TPSA) is 93.2 Å². The molecule has 0 saturated heterocycles. The van der Waals surface area contributed by atoms with Gasteiger partial charge >= 0.3 is 6.36 Å². The van der Waals surface area contributed by atoms with Gasteiger partial charge in [0, 0.05) is 31.1 Å². The minimum atomic E-state index is -4.78. The molecule has 0 unspecified atom stereocenters. The molecule has 0 spiro atoms. The van der Waals surface area contributed by atoms with E-state index in [-0.39, 0.29) is 23.6 Å². The van der Waals surface area contributed by atoms with Gasteiger partial charge in [-0.1, -0.05) is 0 Å². The highest BCUT2D eigenvalue weighted by atomic mass is 19.4. The van der Waals surface area contributed by atoms with Gasteiger partial charge < -0.3 is 10.1 Å². The average Bonchev–Trinajstić information content (AvgIpc) is 2.68. The maximum Gasteiger partial charge on any atom is 0.573 e. The van der Waals surface area contributed by atoms with Crippen LogP contribution in [-0.2, 0) is 0 Å². The fourth-order valence-corrected chi connectivity index (χ4v) is 2.42. The summed E-state index contributed by atoms with van der Waals surface area (Å²) in [6, 6.07) is 9.67. The summed E-state index contributed by atoms with van der Waals surface area (Å²) in [5, 5.41) is 11.6. The van der Waals surface area contributed by atoms with E-state index in [1.54, 1.807) is 18.3 Å². The standard InChI is InChI=1S/C19H14F3N5O2/c20-19(21,22)29-15-5-3-14(4-6-15)27-11-8-17(28)18(26-27)16(7-9-23)25-13-2-1-10-24-12-13/h1-6,8-12,23H,7H2. The minimum Gasteiger partial charge on any atom is -0.406 e. The second-order valence-corrected chi connectivity index (χ2v) is 5.69. The van der Waals surface area contributed by atoms with E-state index >= 15 is 0 Å². The predicted octanol–water partition coefficient (Wildman–Crippen LogP) is 3.69. The Balaban J connectivity index is 1.98. The van der Waals surface area contributed by atoms with Crippen molar-refractivity contribution in [3.05, 3.63) is 77.0 Å². The maximum absolute atomic E-state index is 12.3. The molecule has 0 aliphatic carbocycles. The van der Waals surface area contributed by atoms with Crippen LogP contribution in [0.15, 0.2) is 70.8 Å². The van der Waals surface area contributed by atoms with Gasteiger partial charge in [-0.15, -0.1) is 13.2 Å². The van der Waals surface area contributed by atoms with Crippen molar-refractivity contribution < 1.29 is 17.9 Å². The van der Waals surface area contributed by atoms with E-state index < -0.39 is 11.8 Å². The summed E-state index contributed by atoms with van der Waals surface area (Å²) >= 11 is 0. The number of nitrogens with one attached hydrogen (secondary N) is 1. The second-order valence-electron chi connectivity index (χ2n) is 5.69. The van der Waals surface area contributed by atoms with Crippen LogP contribution in [0.4, 0.5) is 18.9 Å². The maximum atomic E-state index is 12.3. The highest BCUT2D eigenvalue weighted by Gasteiger charge is 2.31. The zero-order chi connectivity index (χ0) is 20.9. The third kappa shape index (κ3) is 5.34. The molecular weight excluding hydrogens is 387 g/mol. The molecule has 10 heteroatoms. The molecule has 29 heavy (non-hydrogen) atoms. The van der Waals surface area contributed by atoms with Crippen molar-refractivity contribution in [1.82, 2.24) is 14.8 Å². The highest BCUT2D eigenvalue weighted by Crippen LogP contribution is 2.23. The number of ether oxygens (including phenoxy) is 1. The van der Waals surface area contributed by atoms with Crippen molar-refractivity contribution in [3.8, 4) is 11.4 Å². The summed E-state index contributed by atoms with van der Waals surface area (Å²) < 4.78 is 42.0. The second kappa shape index (κ2) is 8.46. The van der Waals surface area contributed by atoms with Crippen LogP contribution >= 0.6 is 0 Å². The molecule has 148 valence electrons. The van der Waals surface area contributed by atoms with Crippen LogP contribution in [0.25, 0.3) is 5.69 Å². The molecule has 3 rings (SSSR count). The Morgan fingerprint density at radius 3 is 2.59 bits per heavy atom. The third-order valence-electron chi connectivity index (χ3n) is 3.62. The molecule has 0 atom stereocenters. The molecule has 2 aromatic heterocycles. The van der Waals surface area contributed by atoms with Crippen LogP contribution in [0.2, 0.25) is 0 Å². The Labute approximate surface area is 162 Å². The molecule has 0 radical (unpaired) electrons. The van der Waals surface area contributed by atoms with Gasteiger partial charge in [0.2, 0.25) is 5.43 Å². The van der Waals surface area contributed by atoms with Gasteiger partial charge in [-0.05, 0) is 36.4 Å². The van der Waals surface area contributed by atoms with Crippen molar-refractivity contribution in [2.24, 2.45) is 4.99 Å². The lowest BCUT2D eigenvalue weighted by atomic mass is 10.2.